The summed E-state index contributed by atoms with van der Waals surface area (Å²) in [6, 6.07) is 10.5. The van der Waals surface area contributed by atoms with E-state index in [1.54, 1.807) is 0 Å². The predicted molar refractivity (Wildman–Crippen MR) is 101 cm³/mol. The van der Waals surface area contributed by atoms with Crippen molar-refractivity contribution in [2.24, 2.45) is 5.92 Å². The highest BCUT2D eigenvalue weighted by Gasteiger charge is 2.25. The van der Waals surface area contributed by atoms with Crippen molar-refractivity contribution in [3.05, 3.63) is 36.5 Å². The summed E-state index contributed by atoms with van der Waals surface area (Å²) in [6.45, 7) is 3.80. The lowest BCUT2D eigenvalue weighted by molar-refractivity contribution is -0.122. The zero-order chi connectivity index (χ0) is 17.1. The van der Waals surface area contributed by atoms with E-state index in [0.29, 0.717) is 5.92 Å². The number of rotatable bonds is 4. The van der Waals surface area contributed by atoms with Gasteiger partial charge in [0.15, 0.2) is 0 Å². The molecule has 2 aliphatic rings. The van der Waals surface area contributed by atoms with Crippen LogP contribution in [0.15, 0.2) is 36.5 Å². The van der Waals surface area contributed by atoms with E-state index in [1.165, 1.54) is 23.9 Å². The number of para-hydroxylation sites is 1. The molecule has 2 unspecified atom stereocenters. The number of carbonyl (C=O) groups excluding carboxylic acids is 1. The molecule has 25 heavy (non-hydrogen) atoms. The van der Waals surface area contributed by atoms with Gasteiger partial charge in [0.25, 0.3) is 0 Å². The third-order valence-corrected chi connectivity index (χ3v) is 5.43. The number of piperidine rings is 1. The predicted octanol–water partition coefficient (Wildman–Crippen LogP) is 2.32. The molecule has 2 aliphatic heterocycles. The summed E-state index contributed by atoms with van der Waals surface area (Å²) in [5.41, 5.74) is 2.31. The van der Waals surface area contributed by atoms with Crippen molar-refractivity contribution in [1.82, 2.24) is 15.6 Å². The van der Waals surface area contributed by atoms with Crippen molar-refractivity contribution >= 4 is 22.5 Å². The Morgan fingerprint density at radius 1 is 1.24 bits per heavy atom. The summed E-state index contributed by atoms with van der Waals surface area (Å²) in [6.07, 6.45) is 6.31. The molecule has 132 valence electrons. The number of carbonyl (C=O) groups is 1. The second kappa shape index (κ2) is 7.40. The summed E-state index contributed by atoms with van der Waals surface area (Å²) >= 11 is 0. The Kier molecular flexibility index (Phi) is 4.83. The van der Waals surface area contributed by atoms with Crippen molar-refractivity contribution in [2.45, 2.75) is 31.7 Å². The number of hydrogen-bond acceptors (Lipinski definition) is 4. The van der Waals surface area contributed by atoms with E-state index >= 15 is 0 Å². The fraction of sp³-hybridized carbons (Fsp3) is 0.500. The first kappa shape index (κ1) is 16.3. The molecule has 2 fully saturated rings. The normalized spacial score (nSPS) is 23.8. The summed E-state index contributed by atoms with van der Waals surface area (Å²) in [5, 5.41) is 7.65. The Morgan fingerprint density at radius 3 is 3.04 bits per heavy atom. The van der Waals surface area contributed by atoms with Gasteiger partial charge >= 0.3 is 0 Å². The van der Waals surface area contributed by atoms with Crippen molar-refractivity contribution in [1.29, 1.82) is 0 Å². The first-order chi connectivity index (χ1) is 12.3. The SMILES string of the molecule is O=C(NCC1CCCN(c2ccnc3ccccc23)C1)C1CCCN1. The number of pyridine rings is 1. The molecule has 1 aromatic heterocycles. The number of anilines is 1. The standard InChI is InChI=1S/C20H26N4O/c25-20(18-8-3-10-21-18)23-13-15-5-4-12-24(14-15)19-9-11-22-17-7-2-1-6-16(17)19/h1-2,6-7,9,11,15,18,21H,3-5,8,10,12-14H2,(H,23,25). The van der Waals surface area contributed by atoms with Crippen LogP contribution in [0.5, 0.6) is 0 Å². The van der Waals surface area contributed by atoms with Gasteiger partial charge in [-0.2, -0.15) is 0 Å². The molecule has 0 bridgehead atoms. The Balaban J connectivity index is 1.41. The van der Waals surface area contributed by atoms with Gasteiger partial charge in [0.05, 0.1) is 11.6 Å². The van der Waals surface area contributed by atoms with Gasteiger partial charge in [-0.05, 0) is 50.3 Å². The average Bonchev–Trinajstić information content (AvgIpc) is 3.21. The van der Waals surface area contributed by atoms with Gasteiger partial charge in [0.1, 0.15) is 0 Å². The molecule has 0 aliphatic carbocycles. The molecule has 2 aromatic rings. The van der Waals surface area contributed by atoms with Crippen LogP contribution >= 0.6 is 0 Å². The molecule has 5 nitrogen and oxygen atoms in total. The first-order valence-corrected chi connectivity index (χ1v) is 9.41. The Bertz CT molecular complexity index is 736. The van der Waals surface area contributed by atoms with E-state index in [1.807, 2.05) is 12.3 Å². The number of fused-ring (bicyclic) bond motifs is 1. The van der Waals surface area contributed by atoms with Gasteiger partial charge in [-0.1, -0.05) is 18.2 Å². The highest BCUT2D eigenvalue weighted by atomic mass is 16.2. The number of amides is 1. The van der Waals surface area contributed by atoms with Gasteiger partial charge in [0.2, 0.25) is 5.91 Å². The fourth-order valence-corrected chi connectivity index (χ4v) is 4.08. The molecule has 2 N–H and O–H groups in total. The Morgan fingerprint density at radius 2 is 2.16 bits per heavy atom. The monoisotopic (exact) mass is 338 g/mol. The van der Waals surface area contributed by atoms with Crippen LogP contribution in [-0.2, 0) is 4.79 Å². The Labute approximate surface area is 148 Å². The van der Waals surface area contributed by atoms with Crippen molar-refractivity contribution in [2.75, 3.05) is 31.1 Å². The highest BCUT2D eigenvalue weighted by Crippen LogP contribution is 2.29. The van der Waals surface area contributed by atoms with Crippen molar-refractivity contribution in [3.63, 3.8) is 0 Å². The van der Waals surface area contributed by atoms with Crippen LogP contribution < -0.4 is 15.5 Å². The number of nitrogens with zero attached hydrogens (tertiary/aromatic N) is 2. The second-order valence-corrected chi connectivity index (χ2v) is 7.20. The molecule has 4 rings (SSSR count). The minimum Gasteiger partial charge on any atom is -0.371 e. The largest absolute Gasteiger partial charge is 0.371 e. The van der Waals surface area contributed by atoms with E-state index in [0.717, 1.165) is 44.5 Å². The fourth-order valence-electron chi connectivity index (χ4n) is 4.08. The molecule has 1 amide bonds. The van der Waals surface area contributed by atoms with E-state index < -0.39 is 0 Å². The number of nitrogens with one attached hydrogen (secondary N) is 2. The second-order valence-electron chi connectivity index (χ2n) is 7.20. The maximum absolute atomic E-state index is 12.2. The Hall–Kier alpha value is -2.14. The van der Waals surface area contributed by atoms with Gasteiger partial charge in [-0.25, -0.2) is 0 Å². The molecule has 2 saturated heterocycles. The van der Waals surface area contributed by atoms with Gasteiger partial charge in [-0.3, -0.25) is 9.78 Å². The van der Waals surface area contributed by atoms with Crippen LogP contribution in [0.1, 0.15) is 25.7 Å². The average molecular weight is 338 g/mol. The van der Waals surface area contributed by atoms with E-state index in [9.17, 15) is 4.79 Å². The maximum Gasteiger partial charge on any atom is 0.237 e. The molecule has 2 atom stereocenters. The lowest BCUT2D eigenvalue weighted by Crippen LogP contribution is -2.45. The zero-order valence-corrected chi connectivity index (χ0v) is 14.6. The lowest BCUT2D eigenvalue weighted by atomic mass is 9.96. The van der Waals surface area contributed by atoms with Crippen LogP contribution in [0.4, 0.5) is 5.69 Å². The minimum absolute atomic E-state index is 0.0174. The highest BCUT2D eigenvalue weighted by molar-refractivity contribution is 5.91. The van der Waals surface area contributed by atoms with Crippen LogP contribution in [0.25, 0.3) is 10.9 Å². The summed E-state index contributed by atoms with van der Waals surface area (Å²) < 4.78 is 0. The summed E-state index contributed by atoms with van der Waals surface area (Å²) in [5.74, 6) is 0.676. The van der Waals surface area contributed by atoms with E-state index in [2.05, 4.69) is 44.8 Å². The smallest absolute Gasteiger partial charge is 0.237 e. The van der Waals surface area contributed by atoms with Crippen LogP contribution in [0.3, 0.4) is 0 Å². The summed E-state index contributed by atoms with van der Waals surface area (Å²) in [7, 11) is 0. The van der Waals surface area contributed by atoms with Crippen LogP contribution in [0, 0.1) is 5.92 Å². The molecule has 0 saturated carbocycles. The number of hydrogen-bond donors (Lipinski definition) is 2. The van der Waals surface area contributed by atoms with E-state index in [-0.39, 0.29) is 11.9 Å². The van der Waals surface area contributed by atoms with Crippen LogP contribution in [0.2, 0.25) is 0 Å². The van der Waals surface area contributed by atoms with Crippen LogP contribution in [-0.4, -0.2) is 43.1 Å². The zero-order valence-electron chi connectivity index (χ0n) is 14.6. The maximum atomic E-state index is 12.2. The van der Waals surface area contributed by atoms with Crippen molar-refractivity contribution < 1.29 is 4.79 Å². The molecule has 1 aromatic carbocycles. The minimum atomic E-state index is 0.0174. The van der Waals surface area contributed by atoms with Gasteiger partial charge in [0, 0.05) is 36.9 Å². The molecule has 0 spiro atoms. The molecular formula is C20H26N4O. The first-order valence-electron chi connectivity index (χ1n) is 9.41. The third-order valence-electron chi connectivity index (χ3n) is 5.43. The quantitative estimate of drug-likeness (QED) is 0.898. The lowest BCUT2D eigenvalue weighted by Gasteiger charge is -2.35. The molecule has 3 heterocycles. The molecule has 5 heteroatoms. The number of benzene rings is 1. The summed E-state index contributed by atoms with van der Waals surface area (Å²) in [4.78, 5) is 19.1. The van der Waals surface area contributed by atoms with Gasteiger partial charge in [-0.15, -0.1) is 0 Å². The van der Waals surface area contributed by atoms with Gasteiger partial charge < -0.3 is 15.5 Å². The number of aromatic nitrogens is 1. The third kappa shape index (κ3) is 3.61. The topological polar surface area (TPSA) is 57.3 Å². The molecule has 0 radical (unpaired) electrons. The van der Waals surface area contributed by atoms with Crippen molar-refractivity contribution in [3.8, 4) is 0 Å². The van der Waals surface area contributed by atoms with E-state index in [4.69, 9.17) is 0 Å². The molecular weight excluding hydrogens is 312 g/mol.